The van der Waals surface area contributed by atoms with Gasteiger partial charge in [-0.2, -0.15) is 10.2 Å². The molecule has 4 heteroatoms. The zero-order valence-corrected chi connectivity index (χ0v) is 8.01. The van der Waals surface area contributed by atoms with Crippen molar-refractivity contribution >= 4 is 0 Å². The van der Waals surface area contributed by atoms with Gasteiger partial charge in [-0.15, -0.1) is 0 Å². The van der Waals surface area contributed by atoms with E-state index in [1.165, 1.54) is 17.7 Å². The average molecular weight is 188 g/mol. The minimum Gasteiger partial charge on any atom is -0.285 e. The van der Waals surface area contributed by atoms with Crippen LogP contribution in [-0.2, 0) is 7.05 Å². The highest BCUT2D eigenvalue weighted by molar-refractivity contribution is 5.29. The summed E-state index contributed by atoms with van der Waals surface area (Å²) in [5, 5.41) is 11.2. The maximum absolute atomic E-state index is 4.21. The Bertz CT molecular complexity index is 429. The van der Waals surface area contributed by atoms with Gasteiger partial charge >= 0.3 is 0 Å². The molecule has 0 aromatic carbocycles. The fourth-order valence-corrected chi connectivity index (χ4v) is 2.00. The predicted molar refractivity (Wildman–Crippen MR) is 51.9 cm³/mol. The van der Waals surface area contributed by atoms with E-state index < -0.39 is 0 Å². The van der Waals surface area contributed by atoms with Crippen molar-refractivity contribution in [3.63, 3.8) is 0 Å². The Labute approximate surface area is 81.9 Å². The monoisotopic (exact) mass is 188 g/mol. The van der Waals surface area contributed by atoms with E-state index in [2.05, 4.69) is 27.6 Å². The molecule has 2 aromatic rings. The second-order valence-electron chi connectivity index (χ2n) is 3.90. The Balaban J connectivity index is 1.80. The Morgan fingerprint density at radius 1 is 1.50 bits per heavy atom. The van der Waals surface area contributed by atoms with Crippen molar-refractivity contribution in [1.29, 1.82) is 0 Å². The van der Waals surface area contributed by atoms with Crippen LogP contribution in [0.4, 0.5) is 0 Å². The summed E-state index contributed by atoms with van der Waals surface area (Å²) in [5.41, 5.74) is 2.51. The van der Waals surface area contributed by atoms with E-state index in [4.69, 9.17) is 0 Å². The Morgan fingerprint density at radius 3 is 3.07 bits per heavy atom. The summed E-state index contributed by atoms with van der Waals surface area (Å²) in [6.07, 6.45) is 7.14. The molecule has 0 radical (unpaired) electrons. The number of hydrogen-bond acceptors (Lipinski definition) is 2. The predicted octanol–water partition coefficient (Wildman–Crippen LogP) is 1.41. The van der Waals surface area contributed by atoms with Gasteiger partial charge in [0.05, 0.1) is 11.9 Å². The minimum atomic E-state index is 0.602. The van der Waals surface area contributed by atoms with Gasteiger partial charge in [0, 0.05) is 25.4 Å². The van der Waals surface area contributed by atoms with E-state index in [1.54, 1.807) is 0 Å². The maximum atomic E-state index is 4.21. The van der Waals surface area contributed by atoms with Crippen LogP contribution in [0.2, 0.25) is 0 Å². The highest BCUT2D eigenvalue weighted by Crippen LogP contribution is 2.53. The zero-order valence-electron chi connectivity index (χ0n) is 8.01. The first-order valence-corrected chi connectivity index (χ1v) is 4.83. The molecular weight excluding hydrogens is 176 g/mol. The first kappa shape index (κ1) is 7.79. The molecule has 4 nitrogen and oxygen atoms in total. The number of aromatic nitrogens is 4. The highest BCUT2D eigenvalue weighted by atomic mass is 15.2. The summed E-state index contributed by atoms with van der Waals surface area (Å²) < 4.78 is 1.86. The van der Waals surface area contributed by atoms with Crippen LogP contribution >= 0.6 is 0 Å². The second-order valence-corrected chi connectivity index (χ2v) is 3.90. The van der Waals surface area contributed by atoms with Crippen molar-refractivity contribution in [3.05, 3.63) is 35.9 Å². The highest BCUT2D eigenvalue weighted by Gasteiger charge is 2.41. The van der Waals surface area contributed by atoms with Crippen LogP contribution in [0.15, 0.2) is 24.7 Å². The van der Waals surface area contributed by atoms with E-state index in [0.29, 0.717) is 11.8 Å². The van der Waals surface area contributed by atoms with Crippen molar-refractivity contribution in [3.8, 4) is 0 Å². The summed E-state index contributed by atoms with van der Waals surface area (Å²) >= 11 is 0. The van der Waals surface area contributed by atoms with E-state index in [0.717, 1.165) is 0 Å². The van der Waals surface area contributed by atoms with Crippen LogP contribution in [-0.4, -0.2) is 20.0 Å². The molecule has 1 N–H and O–H groups in total. The standard InChI is InChI=1S/C10H12N4/c1-14-6-7(5-12-14)8-4-9(8)10-2-3-11-13-10/h2-3,5-6,8-9H,4H2,1H3,(H,11,13). The summed E-state index contributed by atoms with van der Waals surface area (Å²) in [5.74, 6) is 1.23. The Hall–Kier alpha value is -1.58. The first-order valence-electron chi connectivity index (χ1n) is 4.83. The third-order valence-electron chi connectivity index (χ3n) is 2.85. The number of nitrogens with one attached hydrogen (secondary N) is 1. The van der Waals surface area contributed by atoms with E-state index >= 15 is 0 Å². The van der Waals surface area contributed by atoms with Crippen LogP contribution in [0.25, 0.3) is 0 Å². The first-order chi connectivity index (χ1) is 6.84. The largest absolute Gasteiger partial charge is 0.285 e. The lowest BCUT2D eigenvalue weighted by atomic mass is 10.1. The number of rotatable bonds is 2. The quantitative estimate of drug-likeness (QED) is 0.774. The number of aryl methyl sites for hydroxylation is 1. The summed E-state index contributed by atoms with van der Waals surface area (Å²) in [6, 6.07) is 2.06. The molecule has 0 aliphatic heterocycles. The molecule has 1 aliphatic rings. The number of H-pyrrole nitrogens is 1. The molecule has 0 amide bonds. The van der Waals surface area contributed by atoms with Gasteiger partial charge in [0.25, 0.3) is 0 Å². The van der Waals surface area contributed by atoms with Crippen molar-refractivity contribution in [1.82, 2.24) is 20.0 Å². The molecule has 1 aliphatic carbocycles. The summed E-state index contributed by atoms with van der Waals surface area (Å²) in [6.45, 7) is 0. The van der Waals surface area contributed by atoms with Gasteiger partial charge in [-0.1, -0.05) is 0 Å². The van der Waals surface area contributed by atoms with Gasteiger partial charge in [0.1, 0.15) is 0 Å². The van der Waals surface area contributed by atoms with Crippen LogP contribution in [0.3, 0.4) is 0 Å². The molecule has 1 fully saturated rings. The molecule has 3 rings (SSSR count). The molecule has 2 unspecified atom stereocenters. The molecule has 0 bridgehead atoms. The van der Waals surface area contributed by atoms with Crippen LogP contribution in [0, 0.1) is 0 Å². The van der Waals surface area contributed by atoms with Crippen molar-refractivity contribution in [2.75, 3.05) is 0 Å². The lowest BCUT2D eigenvalue weighted by Gasteiger charge is -1.91. The number of hydrogen-bond donors (Lipinski definition) is 1. The third-order valence-corrected chi connectivity index (χ3v) is 2.85. The maximum Gasteiger partial charge on any atom is 0.0659 e. The Morgan fingerprint density at radius 2 is 2.43 bits per heavy atom. The van der Waals surface area contributed by atoms with E-state index in [9.17, 15) is 0 Å². The molecule has 1 saturated carbocycles. The number of aromatic amines is 1. The molecule has 2 atom stereocenters. The fourth-order valence-electron chi connectivity index (χ4n) is 2.00. The van der Waals surface area contributed by atoms with Gasteiger partial charge in [-0.05, 0) is 24.0 Å². The Kier molecular flexibility index (Phi) is 1.50. The third kappa shape index (κ3) is 1.14. The van der Waals surface area contributed by atoms with Gasteiger partial charge in [-0.25, -0.2) is 0 Å². The molecule has 14 heavy (non-hydrogen) atoms. The second kappa shape index (κ2) is 2.70. The van der Waals surface area contributed by atoms with Crippen LogP contribution < -0.4 is 0 Å². The lowest BCUT2D eigenvalue weighted by molar-refractivity contribution is 0.766. The van der Waals surface area contributed by atoms with Crippen molar-refractivity contribution in [2.45, 2.75) is 18.3 Å². The molecule has 2 heterocycles. The lowest BCUT2D eigenvalue weighted by Crippen LogP contribution is -1.85. The molecule has 0 saturated heterocycles. The SMILES string of the molecule is Cn1cc(C2CC2c2cc[nH]n2)cn1. The van der Waals surface area contributed by atoms with Gasteiger partial charge in [0.15, 0.2) is 0 Å². The molecule has 0 spiro atoms. The zero-order chi connectivity index (χ0) is 9.54. The molecule has 72 valence electrons. The average Bonchev–Trinajstić information content (AvgIpc) is 2.66. The van der Waals surface area contributed by atoms with Crippen molar-refractivity contribution < 1.29 is 0 Å². The molecular formula is C10H12N4. The van der Waals surface area contributed by atoms with Crippen LogP contribution in [0.5, 0.6) is 0 Å². The minimum absolute atomic E-state index is 0.602. The summed E-state index contributed by atoms with van der Waals surface area (Å²) in [7, 11) is 1.95. The fraction of sp³-hybridized carbons (Fsp3) is 0.400. The number of nitrogens with zero attached hydrogens (tertiary/aromatic N) is 3. The smallest absolute Gasteiger partial charge is 0.0659 e. The van der Waals surface area contributed by atoms with E-state index in [-0.39, 0.29) is 0 Å². The topological polar surface area (TPSA) is 46.5 Å². The van der Waals surface area contributed by atoms with Crippen molar-refractivity contribution in [2.24, 2.45) is 7.05 Å². The van der Waals surface area contributed by atoms with Gasteiger partial charge < -0.3 is 0 Å². The van der Waals surface area contributed by atoms with E-state index in [1.807, 2.05) is 24.1 Å². The molecule has 2 aromatic heterocycles. The van der Waals surface area contributed by atoms with Crippen LogP contribution in [0.1, 0.15) is 29.5 Å². The van der Waals surface area contributed by atoms with Gasteiger partial charge in [0.2, 0.25) is 0 Å². The normalized spacial score (nSPS) is 25.2. The summed E-state index contributed by atoms with van der Waals surface area (Å²) in [4.78, 5) is 0. The van der Waals surface area contributed by atoms with Gasteiger partial charge in [-0.3, -0.25) is 9.78 Å².